The number of benzene rings is 1. The molecule has 32 heavy (non-hydrogen) atoms. The van der Waals surface area contributed by atoms with E-state index in [1.165, 1.54) is 6.33 Å². The van der Waals surface area contributed by atoms with E-state index in [-0.39, 0.29) is 6.23 Å². The molecule has 1 aliphatic rings. The van der Waals surface area contributed by atoms with Gasteiger partial charge in [0.25, 0.3) is 0 Å². The molecule has 10 nitrogen and oxygen atoms in total. The van der Waals surface area contributed by atoms with E-state index in [2.05, 4.69) is 50.0 Å². The summed E-state index contributed by atoms with van der Waals surface area (Å²) in [5.41, 5.74) is 0.801. The number of hydrogen-bond acceptors (Lipinski definition) is 9. The summed E-state index contributed by atoms with van der Waals surface area (Å²) in [5, 5.41) is 19.1. The molecule has 1 atom stereocenters. The van der Waals surface area contributed by atoms with Crippen LogP contribution in [0.3, 0.4) is 0 Å². The molecule has 1 aromatic carbocycles. The molecule has 0 aliphatic carbocycles. The summed E-state index contributed by atoms with van der Waals surface area (Å²) < 4.78 is 11.8. The molecule has 0 bridgehead atoms. The zero-order chi connectivity index (χ0) is 22.3. The molecule has 1 unspecified atom stereocenters. The lowest BCUT2D eigenvalue weighted by Crippen LogP contribution is -2.31. The lowest BCUT2D eigenvalue weighted by Gasteiger charge is -2.21. The second kappa shape index (κ2) is 10.1. The van der Waals surface area contributed by atoms with Gasteiger partial charge in [0.1, 0.15) is 30.3 Å². The van der Waals surface area contributed by atoms with Crippen LogP contribution in [-0.2, 0) is 11.3 Å². The molecule has 0 amide bonds. The van der Waals surface area contributed by atoms with Crippen LogP contribution in [0.2, 0.25) is 0 Å². The molecule has 10 heteroatoms. The molecule has 0 spiro atoms. The van der Waals surface area contributed by atoms with Gasteiger partial charge < -0.3 is 25.4 Å². The zero-order valence-electron chi connectivity index (χ0n) is 18.4. The molecule has 1 aliphatic heterocycles. The second-order valence-electron chi connectivity index (χ2n) is 7.51. The van der Waals surface area contributed by atoms with Crippen LogP contribution in [0.1, 0.15) is 20.8 Å². The van der Waals surface area contributed by atoms with Crippen LogP contribution >= 0.6 is 0 Å². The minimum atomic E-state index is -0.306. The number of nitrogens with zero attached hydrogens (tertiary/aromatic N) is 5. The van der Waals surface area contributed by atoms with Crippen molar-refractivity contribution in [1.29, 1.82) is 0 Å². The van der Waals surface area contributed by atoms with E-state index < -0.39 is 0 Å². The van der Waals surface area contributed by atoms with Gasteiger partial charge >= 0.3 is 0 Å². The van der Waals surface area contributed by atoms with Crippen molar-refractivity contribution >= 4 is 22.5 Å². The third kappa shape index (κ3) is 5.52. The van der Waals surface area contributed by atoms with Gasteiger partial charge in [-0.15, -0.1) is 5.10 Å². The molecule has 3 aromatic rings. The summed E-state index contributed by atoms with van der Waals surface area (Å²) in [4.78, 5) is 10.3. The number of fused-ring (bicyclic) bond motifs is 1. The second-order valence-corrected chi connectivity index (χ2v) is 7.51. The third-order valence-corrected chi connectivity index (χ3v) is 4.68. The van der Waals surface area contributed by atoms with Crippen LogP contribution in [0, 0.1) is 0 Å². The van der Waals surface area contributed by atoms with Crippen molar-refractivity contribution in [3.05, 3.63) is 54.8 Å². The maximum absolute atomic E-state index is 6.07. The van der Waals surface area contributed by atoms with E-state index in [9.17, 15) is 0 Å². The Morgan fingerprint density at radius 1 is 1.25 bits per heavy atom. The van der Waals surface area contributed by atoms with Gasteiger partial charge in [-0.1, -0.05) is 13.8 Å². The van der Waals surface area contributed by atoms with Crippen LogP contribution in [0.4, 0.5) is 11.6 Å². The van der Waals surface area contributed by atoms with Crippen molar-refractivity contribution < 1.29 is 9.47 Å². The Labute approximate surface area is 186 Å². The van der Waals surface area contributed by atoms with Gasteiger partial charge in [0, 0.05) is 24.2 Å². The minimum Gasteiger partial charge on any atom is -0.491 e. The van der Waals surface area contributed by atoms with Crippen molar-refractivity contribution in [3.8, 4) is 5.75 Å². The molecule has 0 saturated heterocycles. The summed E-state index contributed by atoms with van der Waals surface area (Å²) in [7, 11) is 0. The first-order valence-corrected chi connectivity index (χ1v) is 10.7. The molecular weight excluding hydrogens is 408 g/mol. The first kappa shape index (κ1) is 21.6. The number of aryl methyl sites for hydroxylation is 1. The quantitative estimate of drug-likeness (QED) is 0.413. The topological polar surface area (TPSA) is 111 Å². The van der Waals surface area contributed by atoms with Gasteiger partial charge in [0.15, 0.2) is 12.0 Å². The number of rotatable bonds is 10. The Bertz CT molecular complexity index is 1110. The highest BCUT2D eigenvalue weighted by molar-refractivity contribution is 5.91. The summed E-state index contributed by atoms with van der Waals surface area (Å²) >= 11 is 0. The lowest BCUT2D eigenvalue weighted by atomic mass is 10.2. The van der Waals surface area contributed by atoms with Gasteiger partial charge in [-0.25, -0.2) is 9.97 Å². The maximum atomic E-state index is 6.07. The van der Waals surface area contributed by atoms with Crippen molar-refractivity contribution in [1.82, 2.24) is 35.6 Å². The van der Waals surface area contributed by atoms with E-state index in [0.29, 0.717) is 36.6 Å². The average Bonchev–Trinajstić information content (AvgIpc) is 3.26. The first-order valence-electron chi connectivity index (χ1n) is 10.7. The number of ether oxygens (including phenoxy) is 2. The van der Waals surface area contributed by atoms with Gasteiger partial charge in [-0.2, -0.15) is 9.90 Å². The fourth-order valence-corrected chi connectivity index (χ4v) is 3.11. The van der Waals surface area contributed by atoms with E-state index in [0.717, 1.165) is 23.2 Å². The molecule has 2 aromatic heterocycles. The molecule has 168 valence electrons. The van der Waals surface area contributed by atoms with E-state index in [1.807, 2.05) is 43.5 Å². The normalized spacial score (nSPS) is 15.5. The van der Waals surface area contributed by atoms with Crippen LogP contribution in [-0.4, -0.2) is 50.4 Å². The van der Waals surface area contributed by atoms with Crippen molar-refractivity contribution in [2.75, 3.05) is 18.5 Å². The van der Waals surface area contributed by atoms with Crippen molar-refractivity contribution in [2.45, 2.75) is 39.6 Å². The van der Waals surface area contributed by atoms with Crippen molar-refractivity contribution in [3.63, 3.8) is 0 Å². The number of nitrogens with one attached hydrogen (secondary N) is 3. The first-order chi connectivity index (χ1) is 15.6. The molecule has 0 radical (unpaired) electrons. The zero-order valence-corrected chi connectivity index (χ0v) is 18.4. The predicted molar refractivity (Wildman–Crippen MR) is 122 cm³/mol. The third-order valence-electron chi connectivity index (χ3n) is 4.68. The highest BCUT2D eigenvalue weighted by Crippen LogP contribution is 2.27. The van der Waals surface area contributed by atoms with E-state index in [4.69, 9.17) is 9.47 Å². The molecule has 3 N–H and O–H groups in total. The lowest BCUT2D eigenvalue weighted by molar-refractivity contribution is 0.197. The fraction of sp³-hybridized carbons (Fsp3) is 0.364. The summed E-state index contributed by atoms with van der Waals surface area (Å²) in [5.74, 6) is 2.72. The Morgan fingerprint density at radius 2 is 2.16 bits per heavy atom. The number of aromatic nitrogens is 5. The van der Waals surface area contributed by atoms with Crippen molar-refractivity contribution in [2.24, 2.45) is 0 Å². The minimum absolute atomic E-state index is 0.306. The molecule has 0 saturated carbocycles. The largest absolute Gasteiger partial charge is 0.491 e. The van der Waals surface area contributed by atoms with E-state index in [1.54, 1.807) is 11.0 Å². The summed E-state index contributed by atoms with van der Waals surface area (Å²) in [6.07, 6.45) is 8.51. The monoisotopic (exact) mass is 436 g/mol. The fourth-order valence-electron chi connectivity index (χ4n) is 3.11. The number of anilines is 2. The van der Waals surface area contributed by atoms with Gasteiger partial charge in [0.2, 0.25) is 0 Å². The molecule has 0 fully saturated rings. The van der Waals surface area contributed by atoms with Gasteiger partial charge in [-0.05, 0) is 37.3 Å². The molecule has 4 rings (SSSR count). The van der Waals surface area contributed by atoms with Gasteiger partial charge in [-0.3, -0.25) is 0 Å². The number of allylic oxidation sites excluding steroid dienone is 1. The Hall–Kier alpha value is -3.66. The SMILES string of the molecule is CCn1ncc(Nc2ncnc3ccc(OC4C=CC(OCCNC(C)C)=CN4)cc23)n1. The Balaban J connectivity index is 1.39. The molecule has 3 heterocycles. The number of hydrogen-bond donors (Lipinski definition) is 3. The van der Waals surface area contributed by atoms with Crippen LogP contribution in [0.5, 0.6) is 5.75 Å². The summed E-state index contributed by atoms with van der Waals surface area (Å²) in [6, 6.07) is 6.14. The standard InChI is InChI=1S/C22H28N8O2/c1-4-30-27-13-20(29-30)28-22-18-11-16(5-7-19(18)25-14-26-22)32-21-8-6-17(12-24-21)31-10-9-23-15(2)3/h5-8,11-15,21,23-24H,4,9-10H2,1-3H3,(H,25,26,28,29). The van der Waals surface area contributed by atoms with Crippen LogP contribution in [0.25, 0.3) is 10.9 Å². The smallest absolute Gasteiger partial charge is 0.189 e. The Kier molecular flexibility index (Phi) is 6.81. The van der Waals surface area contributed by atoms with Crippen LogP contribution in [0.15, 0.2) is 54.8 Å². The maximum Gasteiger partial charge on any atom is 0.189 e. The van der Waals surface area contributed by atoms with Gasteiger partial charge in [0.05, 0.1) is 18.3 Å². The Morgan fingerprint density at radius 3 is 2.91 bits per heavy atom. The van der Waals surface area contributed by atoms with E-state index >= 15 is 0 Å². The summed E-state index contributed by atoms with van der Waals surface area (Å²) in [6.45, 7) is 8.30. The highest BCUT2D eigenvalue weighted by atomic mass is 16.5. The number of dihydropyridines is 1. The molecular formula is C22H28N8O2. The average molecular weight is 437 g/mol. The predicted octanol–water partition coefficient (Wildman–Crippen LogP) is 2.71. The highest BCUT2D eigenvalue weighted by Gasteiger charge is 2.12. The van der Waals surface area contributed by atoms with Crippen LogP contribution < -0.4 is 20.7 Å².